The van der Waals surface area contributed by atoms with Gasteiger partial charge in [0.25, 0.3) is 5.56 Å². The number of hydrogen-bond acceptors (Lipinski definition) is 2. The van der Waals surface area contributed by atoms with E-state index in [-0.39, 0.29) is 12.1 Å². The first-order chi connectivity index (χ1) is 6.70. The summed E-state index contributed by atoms with van der Waals surface area (Å²) in [5.41, 5.74) is 6.74. The van der Waals surface area contributed by atoms with Gasteiger partial charge in [-0.1, -0.05) is 6.07 Å². The molecule has 0 aliphatic heterocycles. The molecule has 1 aromatic rings. The first-order valence-corrected chi connectivity index (χ1v) is 4.66. The number of alkyl halides is 1. The van der Waals surface area contributed by atoms with Crippen molar-refractivity contribution >= 4 is 0 Å². The highest BCUT2D eigenvalue weighted by atomic mass is 19.1. The second kappa shape index (κ2) is 4.91. The fourth-order valence-corrected chi connectivity index (χ4v) is 1.37. The normalized spacial score (nSPS) is 10.5. The largest absolute Gasteiger partial charge is 0.326 e. The molecule has 0 radical (unpaired) electrons. The van der Waals surface area contributed by atoms with Crippen LogP contribution in [0.5, 0.6) is 0 Å². The average molecular weight is 198 g/mol. The zero-order valence-corrected chi connectivity index (χ0v) is 8.29. The molecule has 0 bridgehead atoms. The molecule has 0 aliphatic rings. The predicted octanol–water partition coefficient (Wildman–Crippen LogP) is 0.975. The Bertz CT molecular complexity index is 360. The molecule has 14 heavy (non-hydrogen) atoms. The van der Waals surface area contributed by atoms with Crippen molar-refractivity contribution in [1.82, 2.24) is 4.57 Å². The minimum absolute atomic E-state index is 0.0963. The highest BCUT2D eigenvalue weighted by Crippen LogP contribution is 1.99. The third-order valence-corrected chi connectivity index (χ3v) is 2.21. The van der Waals surface area contributed by atoms with Crippen LogP contribution in [0.4, 0.5) is 4.39 Å². The van der Waals surface area contributed by atoms with E-state index < -0.39 is 6.67 Å². The molecule has 1 heterocycles. The molecule has 0 unspecified atom stereocenters. The standard InChI is InChI=1S/C10H15FN2O/c1-8-3-4-9(7-12)10(14)13(8)6-2-5-11/h3-4H,2,5-7,12H2,1H3. The quantitative estimate of drug-likeness (QED) is 0.783. The average Bonchev–Trinajstić information content (AvgIpc) is 2.18. The summed E-state index contributed by atoms with van der Waals surface area (Å²) in [7, 11) is 0. The maximum Gasteiger partial charge on any atom is 0.255 e. The minimum atomic E-state index is -0.404. The lowest BCUT2D eigenvalue weighted by Gasteiger charge is -2.09. The Morgan fingerprint density at radius 2 is 2.21 bits per heavy atom. The lowest BCUT2D eigenvalue weighted by Crippen LogP contribution is -2.27. The monoisotopic (exact) mass is 198 g/mol. The summed E-state index contributed by atoms with van der Waals surface area (Å²) < 4.78 is 13.6. The fourth-order valence-electron chi connectivity index (χ4n) is 1.37. The molecule has 0 atom stereocenters. The van der Waals surface area contributed by atoms with E-state index in [9.17, 15) is 9.18 Å². The molecule has 0 saturated heterocycles. The van der Waals surface area contributed by atoms with Crippen molar-refractivity contribution in [3.8, 4) is 0 Å². The zero-order chi connectivity index (χ0) is 10.6. The summed E-state index contributed by atoms with van der Waals surface area (Å²) in [6.45, 7) is 2.09. The van der Waals surface area contributed by atoms with Crippen molar-refractivity contribution in [3.05, 3.63) is 33.7 Å². The highest BCUT2D eigenvalue weighted by molar-refractivity contribution is 5.15. The third-order valence-electron chi connectivity index (χ3n) is 2.21. The highest BCUT2D eigenvalue weighted by Gasteiger charge is 2.04. The summed E-state index contributed by atoms with van der Waals surface area (Å²) in [5.74, 6) is 0. The summed E-state index contributed by atoms with van der Waals surface area (Å²) in [4.78, 5) is 11.7. The van der Waals surface area contributed by atoms with Crippen molar-refractivity contribution in [2.75, 3.05) is 6.67 Å². The van der Waals surface area contributed by atoms with Crippen LogP contribution in [0.15, 0.2) is 16.9 Å². The van der Waals surface area contributed by atoms with Gasteiger partial charge in [0, 0.05) is 24.3 Å². The van der Waals surface area contributed by atoms with Crippen molar-refractivity contribution < 1.29 is 4.39 Å². The Morgan fingerprint density at radius 3 is 2.79 bits per heavy atom. The van der Waals surface area contributed by atoms with Gasteiger partial charge in [-0.3, -0.25) is 9.18 Å². The van der Waals surface area contributed by atoms with E-state index in [1.54, 1.807) is 10.6 Å². The van der Waals surface area contributed by atoms with Crippen LogP contribution < -0.4 is 11.3 Å². The number of hydrogen-bond donors (Lipinski definition) is 1. The number of nitrogens with two attached hydrogens (primary N) is 1. The van der Waals surface area contributed by atoms with E-state index >= 15 is 0 Å². The van der Waals surface area contributed by atoms with Crippen LogP contribution in [-0.4, -0.2) is 11.2 Å². The van der Waals surface area contributed by atoms with Gasteiger partial charge in [-0.2, -0.15) is 0 Å². The molecule has 78 valence electrons. The lowest BCUT2D eigenvalue weighted by atomic mass is 10.2. The van der Waals surface area contributed by atoms with E-state index in [1.165, 1.54) is 0 Å². The molecule has 0 fully saturated rings. The van der Waals surface area contributed by atoms with Gasteiger partial charge in [0.05, 0.1) is 6.67 Å². The summed E-state index contributed by atoms with van der Waals surface area (Å²) >= 11 is 0. The van der Waals surface area contributed by atoms with Crippen LogP contribution in [0, 0.1) is 6.92 Å². The number of aryl methyl sites for hydroxylation is 1. The van der Waals surface area contributed by atoms with Crippen LogP contribution >= 0.6 is 0 Å². The second-order valence-electron chi connectivity index (χ2n) is 3.20. The van der Waals surface area contributed by atoms with Crippen LogP contribution in [0.3, 0.4) is 0 Å². The van der Waals surface area contributed by atoms with E-state index in [0.717, 1.165) is 5.69 Å². The lowest BCUT2D eigenvalue weighted by molar-refractivity contribution is 0.440. The van der Waals surface area contributed by atoms with Gasteiger partial charge in [-0.25, -0.2) is 0 Å². The van der Waals surface area contributed by atoms with Crippen molar-refractivity contribution in [2.45, 2.75) is 26.4 Å². The summed E-state index contributed by atoms with van der Waals surface area (Å²) in [6, 6.07) is 3.56. The van der Waals surface area contributed by atoms with Crippen LogP contribution in [0.2, 0.25) is 0 Å². The molecule has 0 saturated carbocycles. The number of nitrogens with zero attached hydrogens (tertiary/aromatic N) is 1. The topological polar surface area (TPSA) is 48.0 Å². The molecule has 1 rings (SSSR count). The predicted molar refractivity (Wildman–Crippen MR) is 53.9 cm³/mol. The summed E-state index contributed by atoms with van der Waals surface area (Å²) in [5, 5.41) is 0. The van der Waals surface area contributed by atoms with Gasteiger partial charge in [-0.05, 0) is 19.4 Å². The molecule has 2 N–H and O–H groups in total. The molecular weight excluding hydrogens is 183 g/mol. The van der Waals surface area contributed by atoms with Crippen molar-refractivity contribution in [3.63, 3.8) is 0 Å². The van der Waals surface area contributed by atoms with Crippen LogP contribution in [0.25, 0.3) is 0 Å². The molecule has 0 aliphatic carbocycles. The SMILES string of the molecule is Cc1ccc(CN)c(=O)n1CCCF. The molecule has 0 aromatic carbocycles. The van der Waals surface area contributed by atoms with Gasteiger partial charge >= 0.3 is 0 Å². The van der Waals surface area contributed by atoms with Gasteiger partial charge < -0.3 is 10.3 Å². The van der Waals surface area contributed by atoms with E-state index in [4.69, 9.17) is 5.73 Å². The Labute approximate surface area is 82.4 Å². The third kappa shape index (κ3) is 2.20. The Balaban J connectivity index is 3.06. The smallest absolute Gasteiger partial charge is 0.255 e. The van der Waals surface area contributed by atoms with Crippen molar-refractivity contribution in [1.29, 1.82) is 0 Å². The first-order valence-electron chi connectivity index (χ1n) is 4.66. The minimum Gasteiger partial charge on any atom is -0.326 e. The second-order valence-corrected chi connectivity index (χ2v) is 3.20. The molecule has 4 heteroatoms. The molecule has 1 aromatic heterocycles. The number of aromatic nitrogens is 1. The van der Waals surface area contributed by atoms with Crippen molar-refractivity contribution in [2.24, 2.45) is 5.73 Å². The summed E-state index contributed by atoms with van der Waals surface area (Å²) in [6.07, 6.45) is 0.370. The van der Waals surface area contributed by atoms with Gasteiger partial charge in [0.15, 0.2) is 0 Å². The number of pyridine rings is 1. The first kappa shape index (κ1) is 10.9. The Kier molecular flexibility index (Phi) is 3.83. The molecular formula is C10H15FN2O. The van der Waals surface area contributed by atoms with Gasteiger partial charge in [0.1, 0.15) is 0 Å². The van der Waals surface area contributed by atoms with E-state index in [2.05, 4.69) is 0 Å². The van der Waals surface area contributed by atoms with Crippen LogP contribution in [-0.2, 0) is 13.1 Å². The van der Waals surface area contributed by atoms with Gasteiger partial charge in [0.2, 0.25) is 0 Å². The molecule has 3 nitrogen and oxygen atoms in total. The number of halogens is 1. The van der Waals surface area contributed by atoms with Crippen LogP contribution in [0.1, 0.15) is 17.7 Å². The maximum absolute atomic E-state index is 12.0. The van der Waals surface area contributed by atoms with E-state index in [1.807, 2.05) is 13.0 Å². The fraction of sp³-hybridized carbons (Fsp3) is 0.500. The van der Waals surface area contributed by atoms with Gasteiger partial charge in [-0.15, -0.1) is 0 Å². The maximum atomic E-state index is 12.0. The molecule has 0 amide bonds. The zero-order valence-electron chi connectivity index (χ0n) is 8.29. The number of rotatable bonds is 4. The Hall–Kier alpha value is -1.16. The molecule has 0 spiro atoms. The van der Waals surface area contributed by atoms with E-state index in [0.29, 0.717) is 18.5 Å². The Morgan fingerprint density at radius 1 is 1.50 bits per heavy atom.